The van der Waals surface area contributed by atoms with Gasteiger partial charge in [0.05, 0.1) is 38.1 Å². The zero-order valence-electron chi connectivity index (χ0n) is 19.0. The highest BCUT2D eigenvalue weighted by Gasteiger charge is 2.48. The number of anilines is 1. The first-order chi connectivity index (χ1) is 17.2. The monoisotopic (exact) mass is 476 g/mol. The van der Waals surface area contributed by atoms with Crippen LogP contribution in [-0.4, -0.2) is 67.3 Å². The molecule has 4 heterocycles. The normalized spacial score (nSPS) is 24.1. The van der Waals surface area contributed by atoms with E-state index in [4.69, 9.17) is 23.7 Å². The van der Waals surface area contributed by atoms with Crippen molar-refractivity contribution in [3.8, 4) is 28.5 Å². The molecule has 180 valence electrons. The number of methoxy groups -OCH3 is 1. The summed E-state index contributed by atoms with van der Waals surface area (Å²) in [7, 11) is 1.64. The smallest absolute Gasteiger partial charge is 0.251 e. The molecule has 0 bridgehead atoms. The van der Waals surface area contributed by atoms with Gasteiger partial charge in [0.1, 0.15) is 18.0 Å². The Morgan fingerprint density at radius 1 is 0.971 bits per heavy atom. The molecule has 6 rings (SSSR count). The molecule has 3 aromatic rings. The number of nitrogens with one attached hydrogen (secondary N) is 2. The minimum atomic E-state index is -0.268. The quantitative estimate of drug-likeness (QED) is 0.553. The Hall–Kier alpha value is -3.89. The lowest BCUT2D eigenvalue weighted by Crippen LogP contribution is -2.44. The fourth-order valence-electron chi connectivity index (χ4n) is 4.55. The molecule has 3 aliphatic rings. The average molecular weight is 476 g/mol. The molecule has 2 saturated heterocycles. The van der Waals surface area contributed by atoms with Crippen LogP contribution >= 0.6 is 0 Å². The van der Waals surface area contributed by atoms with Gasteiger partial charge in [-0.25, -0.2) is 9.97 Å². The van der Waals surface area contributed by atoms with Crippen LogP contribution < -0.4 is 24.8 Å². The number of hydrogen-bond acceptors (Lipinski definition) is 9. The number of carbonyl (C=O) groups excluding carboxylic acids is 1. The molecule has 10 nitrogen and oxygen atoms in total. The molecule has 10 heteroatoms. The number of ether oxygens (including phenoxy) is 5. The Balaban J connectivity index is 1.10. The maximum atomic E-state index is 12.8. The second-order valence-electron chi connectivity index (χ2n) is 8.49. The molecular weight excluding hydrogens is 452 g/mol. The summed E-state index contributed by atoms with van der Waals surface area (Å²) in [5.74, 6) is 2.26. The van der Waals surface area contributed by atoms with E-state index in [2.05, 4.69) is 20.6 Å². The van der Waals surface area contributed by atoms with Crippen LogP contribution in [0.5, 0.6) is 17.2 Å². The first-order valence-corrected chi connectivity index (χ1v) is 11.4. The number of nitrogens with zero attached hydrogens (tertiary/aromatic N) is 2. The number of carbonyl (C=O) groups is 1. The van der Waals surface area contributed by atoms with Crippen LogP contribution in [0.25, 0.3) is 11.3 Å². The van der Waals surface area contributed by atoms with E-state index in [1.54, 1.807) is 31.5 Å². The second-order valence-corrected chi connectivity index (χ2v) is 8.49. The maximum Gasteiger partial charge on any atom is 0.251 e. The Morgan fingerprint density at radius 3 is 2.57 bits per heavy atom. The molecule has 2 aromatic carbocycles. The molecule has 35 heavy (non-hydrogen) atoms. The molecule has 0 unspecified atom stereocenters. The van der Waals surface area contributed by atoms with Gasteiger partial charge >= 0.3 is 0 Å². The summed E-state index contributed by atoms with van der Waals surface area (Å²) in [6.45, 7) is 0.938. The molecule has 1 amide bonds. The molecule has 2 fully saturated rings. The Bertz CT molecular complexity index is 1240. The predicted octanol–water partition coefficient (Wildman–Crippen LogP) is 2.26. The summed E-state index contributed by atoms with van der Waals surface area (Å²) in [4.78, 5) is 21.8. The second kappa shape index (κ2) is 9.05. The van der Waals surface area contributed by atoms with E-state index in [0.717, 1.165) is 17.0 Å². The fraction of sp³-hybridized carbons (Fsp3) is 0.320. The van der Waals surface area contributed by atoms with Crippen molar-refractivity contribution in [1.82, 2.24) is 15.3 Å². The number of hydrogen-bond donors (Lipinski definition) is 2. The molecule has 0 spiro atoms. The van der Waals surface area contributed by atoms with Crippen molar-refractivity contribution < 1.29 is 28.5 Å². The van der Waals surface area contributed by atoms with Gasteiger partial charge < -0.3 is 34.3 Å². The largest absolute Gasteiger partial charge is 0.497 e. The summed E-state index contributed by atoms with van der Waals surface area (Å²) < 4.78 is 27.9. The Morgan fingerprint density at radius 2 is 1.74 bits per heavy atom. The van der Waals surface area contributed by atoms with E-state index in [1.165, 1.54) is 0 Å². The van der Waals surface area contributed by atoms with Crippen molar-refractivity contribution in [3.05, 3.63) is 60.3 Å². The number of rotatable bonds is 6. The van der Waals surface area contributed by atoms with Crippen LogP contribution in [0.2, 0.25) is 0 Å². The molecular formula is C25H24N4O6. The summed E-state index contributed by atoms with van der Waals surface area (Å²) in [6, 6.07) is 14.3. The van der Waals surface area contributed by atoms with Gasteiger partial charge in [-0.1, -0.05) is 0 Å². The number of amides is 1. The Labute approximate surface area is 201 Å². The van der Waals surface area contributed by atoms with Gasteiger partial charge in [0.15, 0.2) is 11.5 Å². The third-order valence-corrected chi connectivity index (χ3v) is 6.36. The third kappa shape index (κ3) is 4.22. The predicted molar refractivity (Wildman–Crippen MR) is 125 cm³/mol. The summed E-state index contributed by atoms with van der Waals surface area (Å²) in [5.41, 5.74) is 2.25. The van der Waals surface area contributed by atoms with Gasteiger partial charge in [-0.05, 0) is 48.5 Å². The SMILES string of the molecule is COc1ccc(-c2ccnc(N[C@H]3CO[C@H]4[C@@H]3OC[C@@H]4NC(=O)c3ccc4c(c3)OCO4)n2)cc1. The van der Waals surface area contributed by atoms with Crippen molar-refractivity contribution in [2.24, 2.45) is 0 Å². The average Bonchev–Trinajstić information content (AvgIpc) is 3.62. The first-order valence-electron chi connectivity index (χ1n) is 11.4. The summed E-state index contributed by atoms with van der Waals surface area (Å²) in [5, 5.41) is 6.37. The zero-order valence-corrected chi connectivity index (χ0v) is 19.0. The molecule has 1 aromatic heterocycles. The zero-order chi connectivity index (χ0) is 23.8. The lowest BCUT2D eigenvalue weighted by molar-refractivity contribution is 0.0652. The van der Waals surface area contributed by atoms with E-state index < -0.39 is 0 Å². The highest BCUT2D eigenvalue weighted by Crippen LogP contribution is 2.33. The van der Waals surface area contributed by atoms with Crippen LogP contribution in [0, 0.1) is 0 Å². The number of benzene rings is 2. The van der Waals surface area contributed by atoms with Gasteiger partial charge in [0.2, 0.25) is 12.7 Å². The van der Waals surface area contributed by atoms with Crippen molar-refractivity contribution >= 4 is 11.9 Å². The highest BCUT2D eigenvalue weighted by molar-refractivity contribution is 5.95. The van der Waals surface area contributed by atoms with Gasteiger partial charge in [-0.15, -0.1) is 0 Å². The van der Waals surface area contributed by atoms with Gasteiger partial charge in [0, 0.05) is 17.3 Å². The highest BCUT2D eigenvalue weighted by atomic mass is 16.7. The van der Waals surface area contributed by atoms with Crippen molar-refractivity contribution in [1.29, 1.82) is 0 Å². The maximum absolute atomic E-state index is 12.8. The summed E-state index contributed by atoms with van der Waals surface area (Å²) in [6.07, 6.45) is 1.21. The molecule has 0 saturated carbocycles. The van der Waals surface area contributed by atoms with E-state index in [0.29, 0.717) is 36.2 Å². The van der Waals surface area contributed by atoms with E-state index in [1.807, 2.05) is 30.3 Å². The minimum Gasteiger partial charge on any atom is -0.497 e. The molecule has 0 radical (unpaired) electrons. The van der Waals surface area contributed by atoms with Crippen molar-refractivity contribution in [2.75, 3.05) is 32.4 Å². The molecule has 4 atom stereocenters. The Kier molecular flexibility index (Phi) is 5.59. The van der Waals surface area contributed by atoms with Gasteiger partial charge in [0.25, 0.3) is 5.91 Å². The van der Waals surface area contributed by atoms with Crippen LogP contribution in [0.3, 0.4) is 0 Å². The van der Waals surface area contributed by atoms with E-state index in [9.17, 15) is 4.79 Å². The number of fused-ring (bicyclic) bond motifs is 2. The standard InChI is InChI=1S/C25H24N4O6/c1-31-16-5-2-14(3-6-16)17-8-9-26-25(28-17)29-19-12-33-22-18(11-32-23(19)22)27-24(30)15-4-7-20-21(10-15)35-13-34-20/h2-10,18-19,22-23H,11-13H2,1H3,(H,27,30)(H,26,28,29)/t18-,19-,22+,23+/m0/s1. The lowest BCUT2D eigenvalue weighted by Gasteiger charge is -2.18. The fourth-order valence-corrected chi connectivity index (χ4v) is 4.55. The van der Waals surface area contributed by atoms with Crippen LogP contribution in [0.4, 0.5) is 5.95 Å². The van der Waals surface area contributed by atoms with Crippen LogP contribution in [0.1, 0.15) is 10.4 Å². The van der Waals surface area contributed by atoms with E-state index >= 15 is 0 Å². The van der Waals surface area contributed by atoms with Gasteiger partial charge in [-0.3, -0.25) is 4.79 Å². The molecule has 3 aliphatic heterocycles. The van der Waals surface area contributed by atoms with Crippen LogP contribution in [0.15, 0.2) is 54.7 Å². The van der Waals surface area contributed by atoms with Crippen molar-refractivity contribution in [2.45, 2.75) is 24.3 Å². The topological polar surface area (TPSA) is 113 Å². The third-order valence-electron chi connectivity index (χ3n) is 6.36. The lowest BCUT2D eigenvalue weighted by atomic mass is 10.1. The number of aromatic nitrogens is 2. The first kappa shape index (κ1) is 21.6. The van der Waals surface area contributed by atoms with Crippen LogP contribution in [-0.2, 0) is 9.47 Å². The summed E-state index contributed by atoms with van der Waals surface area (Å²) >= 11 is 0. The molecule has 2 N–H and O–H groups in total. The molecule has 0 aliphatic carbocycles. The minimum absolute atomic E-state index is 0.140. The van der Waals surface area contributed by atoms with Gasteiger partial charge in [-0.2, -0.15) is 0 Å². The van der Waals surface area contributed by atoms with E-state index in [-0.39, 0.29) is 37.0 Å². The van der Waals surface area contributed by atoms with Crippen molar-refractivity contribution in [3.63, 3.8) is 0 Å².